The van der Waals surface area contributed by atoms with Crippen LogP contribution in [-0.4, -0.2) is 24.4 Å². The van der Waals surface area contributed by atoms with Crippen molar-refractivity contribution >= 4 is 17.5 Å². The number of furan rings is 1. The van der Waals surface area contributed by atoms with Gasteiger partial charge >= 0.3 is 0 Å². The molecule has 26 heavy (non-hydrogen) atoms. The summed E-state index contributed by atoms with van der Waals surface area (Å²) < 4.78 is 5.34. The summed E-state index contributed by atoms with van der Waals surface area (Å²) in [5.74, 6) is 0.555. The predicted molar refractivity (Wildman–Crippen MR) is 98.7 cm³/mol. The summed E-state index contributed by atoms with van der Waals surface area (Å²) in [6.07, 6.45) is 6.00. The third kappa shape index (κ3) is 4.73. The minimum Gasteiger partial charge on any atom is -0.463 e. The van der Waals surface area contributed by atoms with Gasteiger partial charge in [0.15, 0.2) is 12.3 Å². The van der Waals surface area contributed by atoms with E-state index in [0.29, 0.717) is 11.3 Å². The Morgan fingerprint density at radius 1 is 1.19 bits per heavy atom. The minimum atomic E-state index is -0.149. The fraction of sp³-hybridized carbons (Fsp3) is 0.400. The van der Waals surface area contributed by atoms with Gasteiger partial charge in [-0.3, -0.25) is 9.59 Å². The number of carbonyl (C=O) groups excluding carboxylic acids is 2. The molecule has 2 aromatic rings. The highest BCUT2D eigenvalue weighted by molar-refractivity contribution is 6.04. The molecule has 6 nitrogen and oxygen atoms in total. The first-order valence-corrected chi connectivity index (χ1v) is 9.20. The van der Waals surface area contributed by atoms with Gasteiger partial charge in [0.05, 0.1) is 17.5 Å². The van der Waals surface area contributed by atoms with Crippen LogP contribution in [0.4, 0.5) is 5.69 Å². The zero-order valence-electron chi connectivity index (χ0n) is 15.0. The Morgan fingerprint density at radius 2 is 1.96 bits per heavy atom. The van der Waals surface area contributed by atoms with E-state index < -0.39 is 0 Å². The van der Waals surface area contributed by atoms with Crippen molar-refractivity contribution in [2.75, 3.05) is 11.9 Å². The number of anilines is 1. The van der Waals surface area contributed by atoms with E-state index in [0.717, 1.165) is 31.4 Å². The van der Waals surface area contributed by atoms with Crippen LogP contribution in [0.1, 0.15) is 54.8 Å². The van der Waals surface area contributed by atoms with Crippen molar-refractivity contribution < 1.29 is 19.3 Å². The van der Waals surface area contributed by atoms with E-state index in [-0.39, 0.29) is 30.4 Å². The fourth-order valence-corrected chi connectivity index (χ4v) is 3.27. The second kappa shape index (κ2) is 8.67. The molecule has 1 saturated carbocycles. The normalized spacial score (nSPS) is 15.6. The number of carbonyl (C=O) groups is 2. The molecule has 1 aliphatic rings. The van der Waals surface area contributed by atoms with Crippen LogP contribution in [0, 0.1) is 0 Å². The van der Waals surface area contributed by atoms with Crippen molar-refractivity contribution in [3.8, 4) is 0 Å². The van der Waals surface area contributed by atoms with Crippen molar-refractivity contribution in [3.05, 3.63) is 54.0 Å². The third-order valence-corrected chi connectivity index (χ3v) is 4.78. The summed E-state index contributed by atoms with van der Waals surface area (Å²) in [4.78, 5) is 24.8. The first-order valence-electron chi connectivity index (χ1n) is 9.20. The molecule has 4 N–H and O–H groups in total. The quantitative estimate of drug-likeness (QED) is 0.711. The van der Waals surface area contributed by atoms with Gasteiger partial charge in [-0.1, -0.05) is 25.0 Å². The number of nitrogens with one attached hydrogen (secondary N) is 2. The molecule has 3 rings (SSSR count). The van der Waals surface area contributed by atoms with Gasteiger partial charge in [-0.25, -0.2) is 0 Å². The van der Waals surface area contributed by atoms with Crippen LogP contribution in [0.15, 0.2) is 47.1 Å². The topological polar surface area (TPSA) is 88.0 Å². The summed E-state index contributed by atoms with van der Waals surface area (Å²) >= 11 is 0. The molecule has 0 spiro atoms. The zero-order valence-corrected chi connectivity index (χ0v) is 15.0. The highest BCUT2D eigenvalue weighted by Crippen LogP contribution is 2.20. The molecule has 138 valence electrons. The molecule has 0 aliphatic heterocycles. The van der Waals surface area contributed by atoms with E-state index in [4.69, 9.17) is 4.42 Å². The van der Waals surface area contributed by atoms with Crippen LogP contribution in [0.25, 0.3) is 0 Å². The maximum absolute atomic E-state index is 12.5. The average Bonchev–Trinajstić information content (AvgIpc) is 3.34. The molecular formula is C20H26N3O3+. The number of hydrogen-bond donors (Lipinski definition) is 3. The van der Waals surface area contributed by atoms with Crippen molar-refractivity contribution in [1.82, 2.24) is 5.32 Å². The third-order valence-electron chi connectivity index (χ3n) is 4.78. The highest BCUT2D eigenvalue weighted by Gasteiger charge is 2.20. The molecule has 1 heterocycles. The Labute approximate surface area is 153 Å². The highest BCUT2D eigenvalue weighted by atomic mass is 16.3. The van der Waals surface area contributed by atoms with Crippen LogP contribution >= 0.6 is 0 Å². The van der Waals surface area contributed by atoms with Crippen molar-refractivity contribution in [2.45, 2.75) is 44.7 Å². The monoisotopic (exact) mass is 356 g/mol. The molecule has 0 unspecified atom stereocenters. The SMILES string of the molecule is C[C@H]([NH2+]CC(=O)Nc1ccccc1C(=O)NC1CCCC1)c1ccco1. The summed E-state index contributed by atoms with van der Waals surface area (Å²) in [6, 6.07) is 11.2. The van der Waals surface area contributed by atoms with Crippen LogP contribution in [0.5, 0.6) is 0 Å². The Hall–Kier alpha value is -2.60. The Morgan fingerprint density at radius 3 is 2.69 bits per heavy atom. The number of quaternary nitrogens is 1. The van der Waals surface area contributed by atoms with Gasteiger partial charge in [-0.15, -0.1) is 0 Å². The molecule has 1 aliphatic carbocycles. The van der Waals surface area contributed by atoms with Crippen molar-refractivity contribution in [1.29, 1.82) is 0 Å². The summed E-state index contributed by atoms with van der Waals surface area (Å²) in [5.41, 5.74) is 1.05. The van der Waals surface area contributed by atoms with E-state index in [1.165, 1.54) is 0 Å². The molecule has 6 heteroatoms. The number of rotatable bonds is 7. The number of benzene rings is 1. The van der Waals surface area contributed by atoms with Gasteiger partial charge in [-0.2, -0.15) is 0 Å². The number of amides is 2. The Bertz CT molecular complexity index is 737. The van der Waals surface area contributed by atoms with E-state index >= 15 is 0 Å². The Kier molecular flexibility index (Phi) is 6.07. The number of hydrogen-bond acceptors (Lipinski definition) is 3. The smallest absolute Gasteiger partial charge is 0.279 e. The fourth-order valence-electron chi connectivity index (χ4n) is 3.27. The van der Waals surface area contributed by atoms with Crippen LogP contribution in [-0.2, 0) is 4.79 Å². The molecule has 0 saturated heterocycles. The molecule has 2 amide bonds. The lowest BCUT2D eigenvalue weighted by Gasteiger charge is -2.15. The first-order chi connectivity index (χ1) is 12.6. The molecular weight excluding hydrogens is 330 g/mol. The predicted octanol–water partition coefficient (Wildman–Crippen LogP) is 2.22. The van der Waals surface area contributed by atoms with E-state index in [2.05, 4.69) is 10.6 Å². The van der Waals surface area contributed by atoms with Gasteiger partial charge in [0.2, 0.25) is 0 Å². The van der Waals surface area contributed by atoms with Crippen LogP contribution < -0.4 is 16.0 Å². The van der Waals surface area contributed by atoms with Crippen molar-refractivity contribution in [2.24, 2.45) is 0 Å². The first kappa shape index (κ1) is 18.2. The zero-order chi connectivity index (χ0) is 18.4. The lowest BCUT2D eigenvalue weighted by atomic mass is 10.1. The largest absolute Gasteiger partial charge is 0.463 e. The summed E-state index contributed by atoms with van der Waals surface area (Å²) in [5, 5.41) is 7.82. The maximum Gasteiger partial charge on any atom is 0.279 e. The van der Waals surface area contributed by atoms with Crippen molar-refractivity contribution in [3.63, 3.8) is 0 Å². The van der Waals surface area contributed by atoms with Gasteiger partial charge in [0.25, 0.3) is 11.8 Å². The second-order valence-corrected chi connectivity index (χ2v) is 6.79. The van der Waals surface area contributed by atoms with Crippen LogP contribution in [0.3, 0.4) is 0 Å². The van der Waals surface area contributed by atoms with Gasteiger partial charge in [0.1, 0.15) is 6.04 Å². The number of para-hydroxylation sites is 1. The van der Waals surface area contributed by atoms with E-state index in [1.54, 1.807) is 18.4 Å². The van der Waals surface area contributed by atoms with Gasteiger partial charge in [0, 0.05) is 6.04 Å². The molecule has 1 fully saturated rings. The Balaban J connectivity index is 1.56. The lowest BCUT2D eigenvalue weighted by molar-refractivity contribution is -0.684. The maximum atomic E-state index is 12.5. The molecule has 0 radical (unpaired) electrons. The van der Waals surface area contributed by atoms with E-state index in [1.807, 2.05) is 36.5 Å². The molecule has 1 aromatic carbocycles. The van der Waals surface area contributed by atoms with Gasteiger partial charge < -0.3 is 20.4 Å². The molecule has 1 atom stereocenters. The van der Waals surface area contributed by atoms with Crippen LogP contribution in [0.2, 0.25) is 0 Å². The lowest BCUT2D eigenvalue weighted by Crippen LogP contribution is -2.86. The van der Waals surface area contributed by atoms with E-state index in [9.17, 15) is 9.59 Å². The molecule has 1 aromatic heterocycles. The van der Waals surface area contributed by atoms with Gasteiger partial charge in [-0.05, 0) is 44.0 Å². The molecule has 0 bridgehead atoms. The minimum absolute atomic E-state index is 0.0525. The second-order valence-electron chi connectivity index (χ2n) is 6.79. The summed E-state index contributed by atoms with van der Waals surface area (Å²) in [6.45, 7) is 2.23. The number of nitrogens with two attached hydrogens (primary N) is 1. The standard InChI is InChI=1S/C20H25N3O3/c1-14(18-11-6-12-26-18)21-13-19(24)23-17-10-5-4-9-16(17)20(25)22-15-7-2-3-8-15/h4-6,9-12,14-15,21H,2-3,7-8,13H2,1H3,(H,22,25)(H,23,24)/p+1/t14-/m0/s1. The average molecular weight is 356 g/mol. The summed E-state index contributed by atoms with van der Waals surface area (Å²) in [7, 11) is 0.